The molecule has 9 nitrogen and oxygen atoms in total. The van der Waals surface area contributed by atoms with Gasteiger partial charge in [0.05, 0.1) is 12.0 Å². The van der Waals surface area contributed by atoms with E-state index in [1.807, 2.05) is 51.9 Å². The van der Waals surface area contributed by atoms with Gasteiger partial charge in [0.15, 0.2) is 17.2 Å². The van der Waals surface area contributed by atoms with Crippen LogP contribution in [0, 0.1) is 0 Å². The molecule has 0 bridgehead atoms. The number of aromatic nitrogens is 3. The Labute approximate surface area is 156 Å². The van der Waals surface area contributed by atoms with Gasteiger partial charge in [0, 0.05) is 14.1 Å². The molecule has 144 valence electrons. The van der Waals surface area contributed by atoms with Crippen LogP contribution in [-0.4, -0.2) is 74.2 Å². The minimum absolute atomic E-state index is 0.414. The Hall–Kier alpha value is -2.07. The van der Waals surface area contributed by atoms with Crippen molar-refractivity contribution < 1.29 is 19.3 Å². The normalized spacial score (nSPS) is 39.1. The van der Waals surface area contributed by atoms with Crippen molar-refractivity contribution in [1.82, 2.24) is 19.5 Å². The molecule has 0 amide bonds. The SMILES string of the molecule is CN(C)C=Nc1ncnn2c([C@@H]3O[C@]4(C)C(O)[C@@]45OC(C)(C)O[C@@H]35)ccc12. The van der Waals surface area contributed by atoms with E-state index >= 15 is 0 Å². The van der Waals surface area contributed by atoms with Crippen molar-refractivity contribution in [3.05, 3.63) is 24.2 Å². The summed E-state index contributed by atoms with van der Waals surface area (Å²) < 4.78 is 20.3. The monoisotopic (exact) mass is 373 g/mol. The third-order valence-electron chi connectivity index (χ3n) is 5.68. The summed E-state index contributed by atoms with van der Waals surface area (Å²) in [6, 6.07) is 3.85. The fourth-order valence-corrected chi connectivity index (χ4v) is 4.45. The van der Waals surface area contributed by atoms with Gasteiger partial charge in [0.25, 0.3) is 0 Å². The highest BCUT2D eigenvalue weighted by Crippen LogP contribution is 2.70. The van der Waals surface area contributed by atoms with E-state index in [4.69, 9.17) is 14.2 Å². The number of aliphatic imine (C=N–C) groups is 1. The van der Waals surface area contributed by atoms with E-state index < -0.39 is 35.3 Å². The maximum atomic E-state index is 10.5. The maximum absolute atomic E-state index is 10.5. The van der Waals surface area contributed by atoms with Crippen LogP contribution in [0.5, 0.6) is 0 Å². The lowest BCUT2D eigenvalue weighted by atomic mass is 10.0. The topological polar surface area (TPSA) is 93.7 Å². The van der Waals surface area contributed by atoms with Crippen LogP contribution in [-0.2, 0) is 14.2 Å². The van der Waals surface area contributed by atoms with E-state index in [9.17, 15) is 5.11 Å². The highest BCUT2D eigenvalue weighted by atomic mass is 16.8. The van der Waals surface area contributed by atoms with Gasteiger partial charge in [-0.1, -0.05) is 0 Å². The molecule has 1 aliphatic carbocycles. The van der Waals surface area contributed by atoms with Gasteiger partial charge in [0.2, 0.25) is 0 Å². The van der Waals surface area contributed by atoms with Crippen LogP contribution in [0.25, 0.3) is 5.52 Å². The molecule has 1 unspecified atom stereocenters. The Morgan fingerprint density at radius 3 is 2.78 bits per heavy atom. The lowest BCUT2D eigenvalue weighted by Crippen LogP contribution is -2.32. The number of ether oxygens (including phenoxy) is 3. The molecule has 2 aromatic rings. The molecule has 2 aromatic heterocycles. The number of rotatable bonds is 3. The van der Waals surface area contributed by atoms with Crippen LogP contribution in [0.3, 0.4) is 0 Å². The second-order valence-electron chi connectivity index (χ2n) is 8.23. The van der Waals surface area contributed by atoms with Crippen LogP contribution in [0.15, 0.2) is 23.5 Å². The van der Waals surface area contributed by atoms with Gasteiger partial charge in [0.1, 0.15) is 35.8 Å². The number of hydrogen-bond donors (Lipinski definition) is 1. The van der Waals surface area contributed by atoms with E-state index in [2.05, 4.69) is 15.1 Å². The largest absolute Gasteiger partial charge is 0.387 e. The second kappa shape index (κ2) is 5.05. The van der Waals surface area contributed by atoms with Gasteiger partial charge in [-0.15, -0.1) is 0 Å². The minimum Gasteiger partial charge on any atom is -0.387 e. The van der Waals surface area contributed by atoms with Crippen LogP contribution < -0.4 is 0 Å². The molecule has 2 aliphatic heterocycles. The smallest absolute Gasteiger partial charge is 0.181 e. The van der Waals surface area contributed by atoms with E-state index in [1.54, 1.807) is 10.9 Å². The second-order valence-corrected chi connectivity index (χ2v) is 8.23. The maximum Gasteiger partial charge on any atom is 0.181 e. The van der Waals surface area contributed by atoms with Crippen molar-refractivity contribution in [2.75, 3.05) is 14.1 Å². The summed E-state index contributed by atoms with van der Waals surface area (Å²) in [6.07, 6.45) is 1.61. The van der Waals surface area contributed by atoms with E-state index in [-0.39, 0.29) is 0 Å². The van der Waals surface area contributed by atoms with Crippen LogP contribution in [0.4, 0.5) is 5.82 Å². The van der Waals surface area contributed by atoms with Gasteiger partial charge in [-0.2, -0.15) is 5.10 Å². The van der Waals surface area contributed by atoms with Crippen LogP contribution >= 0.6 is 0 Å². The summed E-state index contributed by atoms with van der Waals surface area (Å²) in [5, 5.41) is 14.9. The third-order valence-corrected chi connectivity index (χ3v) is 5.68. The standard InChI is InChI=1S/C18H23N5O4/c1-16(2)26-13-12(25-17(3)15(24)18(13,17)27-16)10-6-7-11-14(20-9-22(4)5)19-8-21-23(10)11/h6-9,12-13,15,24H,1-5H3/t12-,13-,15?,17+,18+/m0/s1. The average molecular weight is 373 g/mol. The third kappa shape index (κ3) is 2.05. The van der Waals surface area contributed by atoms with Crippen molar-refractivity contribution in [2.24, 2.45) is 4.99 Å². The number of hydrogen-bond acceptors (Lipinski definition) is 7. The Bertz CT molecular complexity index is 956. The van der Waals surface area contributed by atoms with Crippen molar-refractivity contribution >= 4 is 17.7 Å². The van der Waals surface area contributed by atoms with Crippen molar-refractivity contribution in [3.8, 4) is 0 Å². The summed E-state index contributed by atoms with van der Waals surface area (Å²) in [7, 11) is 3.80. The van der Waals surface area contributed by atoms with E-state index in [0.29, 0.717) is 5.82 Å². The predicted octanol–water partition coefficient (Wildman–Crippen LogP) is 1.05. The Kier molecular flexibility index (Phi) is 3.19. The number of fused-ring (bicyclic) bond motifs is 1. The zero-order valence-electron chi connectivity index (χ0n) is 15.9. The first-order valence-electron chi connectivity index (χ1n) is 8.97. The molecular weight excluding hydrogens is 350 g/mol. The number of aliphatic hydroxyl groups is 1. The Balaban J connectivity index is 1.57. The summed E-state index contributed by atoms with van der Waals surface area (Å²) in [5.41, 5.74) is -0.0450. The quantitative estimate of drug-likeness (QED) is 0.635. The van der Waals surface area contributed by atoms with Crippen molar-refractivity contribution in [3.63, 3.8) is 0 Å². The van der Waals surface area contributed by atoms with Gasteiger partial charge < -0.3 is 24.2 Å². The first kappa shape index (κ1) is 17.1. The van der Waals surface area contributed by atoms with Crippen LogP contribution in [0.1, 0.15) is 32.6 Å². The molecule has 9 heteroatoms. The van der Waals surface area contributed by atoms with Gasteiger partial charge in [-0.05, 0) is 32.9 Å². The molecule has 1 saturated carbocycles. The average Bonchev–Trinajstić information content (AvgIpc) is 3.03. The van der Waals surface area contributed by atoms with Crippen molar-refractivity contribution in [1.29, 1.82) is 0 Å². The molecular formula is C18H23N5O4. The molecule has 5 atom stereocenters. The summed E-state index contributed by atoms with van der Waals surface area (Å²) in [4.78, 5) is 10.5. The minimum atomic E-state index is -0.843. The predicted molar refractivity (Wildman–Crippen MR) is 95.8 cm³/mol. The summed E-state index contributed by atoms with van der Waals surface area (Å²) in [5.74, 6) is -0.216. The molecule has 3 aliphatic rings. The molecule has 1 N–H and O–H groups in total. The van der Waals surface area contributed by atoms with Crippen molar-refractivity contribution in [2.45, 2.75) is 56.1 Å². The molecule has 0 radical (unpaired) electrons. The molecule has 27 heavy (non-hydrogen) atoms. The summed E-state index contributed by atoms with van der Waals surface area (Å²) in [6.45, 7) is 5.58. The van der Waals surface area contributed by atoms with Gasteiger partial charge >= 0.3 is 0 Å². The first-order valence-corrected chi connectivity index (χ1v) is 8.97. The lowest BCUT2D eigenvalue weighted by molar-refractivity contribution is -0.186. The highest BCUT2D eigenvalue weighted by molar-refractivity contribution is 5.71. The molecule has 1 spiro atoms. The molecule has 2 saturated heterocycles. The van der Waals surface area contributed by atoms with Gasteiger partial charge in [-0.3, -0.25) is 0 Å². The fourth-order valence-electron chi connectivity index (χ4n) is 4.45. The highest BCUT2D eigenvalue weighted by Gasteiger charge is 2.90. The zero-order valence-corrected chi connectivity index (χ0v) is 15.9. The molecule has 5 rings (SSSR count). The molecule has 3 fully saturated rings. The van der Waals surface area contributed by atoms with E-state index in [0.717, 1.165) is 11.2 Å². The molecule has 0 aromatic carbocycles. The fraction of sp³-hybridized carbons (Fsp3) is 0.611. The van der Waals surface area contributed by atoms with Crippen LogP contribution in [0.2, 0.25) is 0 Å². The zero-order chi connectivity index (χ0) is 19.2. The molecule has 4 heterocycles. The lowest BCUT2D eigenvalue weighted by Gasteiger charge is -2.24. The van der Waals surface area contributed by atoms with Gasteiger partial charge in [-0.25, -0.2) is 14.5 Å². The van der Waals surface area contributed by atoms with E-state index in [1.165, 1.54) is 6.33 Å². The summed E-state index contributed by atoms with van der Waals surface area (Å²) >= 11 is 0. The Morgan fingerprint density at radius 2 is 2.04 bits per heavy atom. The number of aliphatic hydroxyl groups excluding tert-OH is 1. The Morgan fingerprint density at radius 1 is 1.26 bits per heavy atom. The number of nitrogens with zero attached hydrogens (tertiary/aromatic N) is 5. The first-order chi connectivity index (χ1) is 12.7.